The van der Waals surface area contributed by atoms with E-state index in [1.54, 1.807) is 38.5 Å². The molecule has 1 N–H and O–H groups in total. The van der Waals surface area contributed by atoms with Crippen LogP contribution in [0.4, 0.5) is 5.69 Å². The van der Waals surface area contributed by atoms with Crippen LogP contribution in [-0.2, 0) is 17.9 Å². The van der Waals surface area contributed by atoms with E-state index in [1.807, 2.05) is 34.9 Å². The van der Waals surface area contributed by atoms with Crippen LogP contribution in [0.1, 0.15) is 5.82 Å². The summed E-state index contributed by atoms with van der Waals surface area (Å²) in [5.74, 6) is 2.52. The smallest absolute Gasteiger partial charge is 0.234 e. The van der Waals surface area contributed by atoms with E-state index in [4.69, 9.17) is 14.2 Å². The number of carbonyl (C=O) groups is 1. The number of hydrogen-bond acceptors (Lipinski definition) is 7. The highest BCUT2D eigenvalue weighted by Crippen LogP contribution is 2.29. The standard InChI is InChI=1S/C22H24N4O4S/c1-4-12-26-20(14-30-16-8-6-5-7-9-16)24-25-22(26)31-15-21(27)23-18-13-17(28-2)10-11-19(18)29-3/h4-11,13H,1,12,14-15H2,2-3H3,(H,23,27). The molecular formula is C22H24N4O4S. The van der Waals surface area contributed by atoms with Crippen LogP contribution in [0.25, 0.3) is 0 Å². The predicted octanol–water partition coefficient (Wildman–Crippen LogP) is 3.79. The molecule has 0 atom stereocenters. The first kappa shape index (κ1) is 22.2. The van der Waals surface area contributed by atoms with Crippen molar-refractivity contribution in [2.75, 3.05) is 25.3 Å². The zero-order valence-corrected chi connectivity index (χ0v) is 18.2. The molecule has 0 saturated carbocycles. The Morgan fingerprint density at radius 3 is 2.65 bits per heavy atom. The van der Waals surface area contributed by atoms with Crippen molar-refractivity contribution >= 4 is 23.4 Å². The number of aromatic nitrogens is 3. The zero-order chi connectivity index (χ0) is 22.1. The summed E-state index contributed by atoms with van der Waals surface area (Å²) in [6, 6.07) is 14.7. The van der Waals surface area contributed by atoms with Gasteiger partial charge in [0, 0.05) is 12.6 Å². The maximum Gasteiger partial charge on any atom is 0.234 e. The number of anilines is 1. The maximum absolute atomic E-state index is 12.5. The highest BCUT2D eigenvalue weighted by Gasteiger charge is 2.15. The number of ether oxygens (including phenoxy) is 3. The summed E-state index contributed by atoms with van der Waals surface area (Å²) in [5.41, 5.74) is 0.539. The Balaban J connectivity index is 1.63. The molecule has 0 unspecified atom stereocenters. The molecule has 9 heteroatoms. The number of carbonyl (C=O) groups excluding carboxylic acids is 1. The first-order valence-corrected chi connectivity index (χ1v) is 10.5. The first-order valence-electron chi connectivity index (χ1n) is 9.50. The lowest BCUT2D eigenvalue weighted by Gasteiger charge is -2.12. The second-order valence-electron chi connectivity index (χ2n) is 6.30. The average Bonchev–Trinajstić information content (AvgIpc) is 3.18. The second-order valence-corrected chi connectivity index (χ2v) is 7.25. The van der Waals surface area contributed by atoms with Crippen molar-refractivity contribution in [3.63, 3.8) is 0 Å². The number of nitrogens with one attached hydrogen (secondary N) is 1. The van der Waals surface area contributed by atoms with Gasteiger partial charge < -0.3 is 19.5 Å². The van der Waals surface area contributed by atoms with E-state index >= 15 is 0 Å². The zero-order valence-electron chi connectivity index (χ0n) is 17.4. The van der Waals surface area contributed by atoms with E-state index in [9.17, 15) is 4.79 Å². The summed E-state index contributed by atoms with van der Waals surface area (Å²) < 4.78 is 18.2. The summed E-state index contributed by atoms with van der Waals surface area (Å²) in [5, 5.41) is 11.9. The summed E-state index contributed by atoms with van der Waals surface area (Å²) >= 11 is 1.28. The molecule has 0 spiro atoms. The normalized spacial score (nSPS) is 10.4. The minimum atomic E-state index is -0.202. The fourth-order valence-electron chi connectivity index (χ4n) is 2.74. The van der Waals surface area contributed by atoms with Gasteiger partial charge in [-0.15, -0.1) is 16.8 Å². The Morgan fingerprint density at radius 2 is 1.94 bits per heavy atom. The van der Waals surface area contributed by atoms with Gasteiger partial charge in [0.1, 0.15) is 23.9 Å². The number of amides is 1. The van der Waals surface area contributed by atoms with E-state index < -0.39 is 0 Å². The molecule has 0 bridgehead atoms. The van der Waals surface area contributed by atoms with Crippen molar-refractivity contribution in [1.82, 2.24) is 14.8 Å². The monoisotopic (exact) mass is 440 g/mol. The van der Waals surface area contributed by atoms with Crippen LogP contribution in [-0.4, -0.2) is 40.6 Å². The summed E-state index contributed by atoms with van der Waals surface area (Å²) in [7, 11) is 3.11. The molecule has 0 saturated heterocycles. The van der Waals surface area contributed by atoms with Crippen molar-refractivity contribution in [2.45, 2.75) is 18.3 Å². The van der Waals surface area contributed by atoms with E-state index in [1.165, 1.54) is 11.8 Å². The van der Waals surface area contributed by atoms with Crippen molar-refractivity contribution in [2.24, 2.45) is 0 Å². The van der Waals surface area contributed by atoms with Crippen LogP contribution in [0.2, 0.25) is 0 Å². The highest BCUT2D eigenvalue weighted by atomic mass is 32.2. The van der Waals surface area contributed by atoms with Crippen LogP contribution < -0.4 is 19.5 Å². The van der Waals surface area contributed by atoms with Gasteiger partial charge in [-0.25, -0.2) is 0 Å². The molecule has 0 fully saturated rings. The molecule has 0 aliphatic heterocycles. The Hall–Kier alpha value is -3.46. The van der Waals surface area contributed by atoms with Gasteiger partial charge in [0.15, 0.2) is 11.0 Å². The number of benzene rings is 2. The predicted molar refractivity (Wildman–Crippen MR) is 120 cm³/mol. The molecule has 0 radical (unpaired) electrons. The van der Waals surface area contributed by atoms with E-state index in [-0.39, 0.29) is 18.3 Å². The van der Waals surface area contributed by atoms with E-state index in [0.29, 0.717) is 34.7 Å². The lowest BCUT2D eigenvalue weighted by atomic mass is 10.2. The van der Waals surface area contributed by atoms with Gasteiger partial charge in [0.05, 0.1) is 25.7 Å². The Labute approximate surface area is 185 Å². The number of methoxy groups -OCH3 is 2. The minimum absolute atomic E-state index is 0.148. The second kappa shape index (κ2) is 11.1. The number of para-hydroxylation sites is 1. The molecule has 0 aliphatic carbocycles. The number of allylic oxidation sites excluding steroid dienone is 1. The summed E-state index contributed by atoms with van der Waals surface area (Å²) in [6.07, 6.45) is 1.75. The van der Waals surface area contributed by atoms with E-state index in [2.05, 4.69) is 22.1 Å². The molecule has 2 aromatic carbocycles. The molecular weight excluding hydrogens is 416 g/mol. The molecule has 8 nitrogen and oxygen atoms in total. The van der Waals surface area contributed by atoms with Gasteiger partial charge >= 0.3 is 0 Å². The number of thioether (sulfide) groups is 1. The topological polar surface area (TPSA) is 87.5 Å². The summed E-state index contributed by atoms with van der Waals surface area (Å²) in [4.78, 5) is 12.5. The van der Waals surface area contributed by atoms with Gasteiger partial charge in [0.25, 0.3) is 0 Å². The van der Waals surface area contributed by atoms with Gasteiger partial charge in [-0.1, -0.05) is 36.0 Å². The quantitative estimate of drug-likeness (QED) is 0.358. The third-order valence-corrected chi connectivity index (χ3v) is 5.20. The minimum Gasteiger partial charge on any atom is -0.497 e. The largest absolute Gasteiger partial charge is 0.497 e. The highest BCUT2D eigenvalue weighted by molar-refractivity contribution is 7.99. The van der Waals surface area contributed by atoms with Crippen molar-refractivity contribution in [3.05, 3.63) is 67.0 Å². The van der Waals surface area contributed by atoms with Crippen LogP contribution in [0.3, 0.4) is 0 Å². The van der Waals surface area contributed by atoms with Crippen LogP contribution in [0.5, 0.6) is 17.2 Å². The fraction of sp³-hybridized carbons (Fsp3) is 0.227. The number of hydrogen-bond donors (Lipinski definition) is 1. The molecule has 1 amide bonds. The Morgan fingerprint density at radius 1 is 1.13 bits per heavy atom. The molecule has 1 aromatic heterocycles. The van der Waals surface area contributed by atoms with Crippen LogP contribution in [0, 0.1) is 0 Å². The lowest BCUT2D eigenvalue weighted by molar-refractivity contribution is -0.113. The molecule has 3 aromatic rings. The van der Waals surface area contributed by atoms with Crippen molar-refractivity contribution < 1.29 is 19.0 Å². The number of rotatable bonds is 11. The Kier molecular flexibility index (Phi) is 7.94. The first-order chi connectivity index (χ1) is 15.1. The lowest BCUT2D eigenvalue weighted by Crippen LogP contribution is -2.15. The van der Waals surface area contributed by atoms with Gasteiger partial charge in [-0.05, 0) is 24.3 Å². The number of nitrogens with zero attached hydrogens (tertiary/aromatic N) is 3. The molecule has 3 rings (SSSR count). The summed E-state index contributed by atoms with van der Waals surface area (Å²) in [6.45, 7) is 4.56. The van der Waals surface area contributed by atoms with Gasteiger partial charge in [-0.3, -0.25) is 9.36 Å². The molecule has 1 heterocycles. The van der Waals surface area contributed by atoms with E-state index in [0.717, 1.165) is 5.75 Å². The third kappa shape index (κ3) is 6.02. The SMILES string of the molecule is C=CCn1c(COc2ccccc2)nnc1SCC(=O)Nc1cc(OC)ccc1OC. The van der Waals surface area contributed by atoms with Gasteiger partial charge in [0.2, 0.25) is 5.91 Å². The molecule has 162 valence electrons. The van der Waals surface area contributed by atoms with Crippen molar-refractivity contribution in [1.29, 1.82) is 0 Å². The van der Waals surface area contributed by atoms with Crippen LogP contribution in [0.15, 0.2) is 66.3 Å². The fourth-order valence-corrected chi connectivity index (χ4v) is 3.50. The average molecular weight is 441 g/mol. The van der Waals surface area contributed by atoms with Crippen LogP contribution >= 0.6 is 11.8 Å². The maximum atomic E-state index is 12.5. The third-order valence-electron chi connectivity index (χ3n) is 4.23. The Bertz CT molecular complexity index is 1020. The van der Waals surface area contributed by atoms with Gasteiger partial charge in [-0.2, -0.15) is 0 Å². The molecule has 31 heavy (non-hydrogen) atoms. The molecule has 0 aliphatic rings. The van der Waals surface area contributed by atoms with Crippen molar-refractivity contribution in [3.8, 4) is 17.2 Å².